The van der Waals surface area contributed by atoms with E-state index in [0.717, 1.165) is 23.7 Å². The van der Waals surface area contributed by atoms with Gasteiger partial charge >= 0.3 is 0 Å². The van der Waals surface area contributed by atoms with Crippen molar-refractivity contribution in [2.75, 3.05) is 0 Å². The molecule has 8 aromatic rings. The van der Waals surface area contributed by atoms with Gasteiger partial charge in [0.15, 0.2) is 0 Å². The highest BCUT2D eigenvalue weighted by Crippen LogP contribution is 2.85. The fraction of sp³-hybridized carbons (Fsp3) is 0.224. The van der Waals surface area contributed by atoms with Crippen molar-refractivity contribution in [3.8, 4) is 27.9 Å². The highest BCUT2D eigenvalue weighted by molar-refractivity contribution is 6.16. The Morgan fingerprint density at radius 2 is 1.24 bits per heavy atom. The average molecular weight is 640 g/mol. The van der Waals surface area contributed by atoms with Crippen molar-refractivity contribution in [3.05, 3.63) is 151 Å². The van der Waals surface area contributed by atoms with Crippen molar-refractivity contribution in [1.29, 1.82) is 0 Å². The van der Waals surface area contributed by atoms with E-state index >= 15 is 0 Å². The predicted octanol–water partition coefficient (Wildman–Crippen LogP) is 12.5. The van der Waals surface area contributed by atoms with Crippen LogP contribution in [0.4, 0.5) is 0 Å². The fourth-order valence-electron chi connectivity index (χ4n) is 13.4. The van der Waals surface area contributed by atoms with E-state index in [1.54, 1.807) is 11.1 Å². The number of fused-ring (bicyclic) bond motifs is 15. The number of benzene rings is 7. The van der Waals surface area contributed by atoms with Gasteiger partial charge in [0.2, 0.25) is 0 Å². The first kappa shape index (κ1) is 26.7. The SMILES string of the molecule is c1ccc(-c2ccc3ccc(-n4c5cc6ccccc6cc5c5ccc6c(c54)C4(c5ccccc5-6)C5CC6CC7CC4C5(C6)C7)cc3c2)cc1. The van der Waals surface area contributed by atoms with E-state index in [4.69, 9.17) is 0 Å². The van der Waals surface area contributed by atoms with Crippen LogP contribution in [0.5, 0.6) is 0 Å². The van der Waals surface area contributed by atoms with Gasteiger partial charge in [0, 0.05) is 21.9 Å². The van der Waals surface area contributed by atoms with Crippen molar-refractivity contribution < 1.29 is 0 Å². The normalized spacial score (nSPS) is 28.2. The molecular weight excluding hydrogens is 603 g/mol. The minimum Gasteiger partial charge on any atom is -0.309 e. The van der Waals surface area contributed by atoms with Crippen molar-refractivity contribution in [1.82, 2.24) is 4.57 Å². The van der Waals surface area contributed by atoms with E-state index in [1.165, 1.54) is 103 Å². The van der Waals surface area contributed by atoms with Gasteiger partial charge in [-0.2, -0.15) is 0 Å². The number of nitrogens with zero attached hydrogens (tertiary/aromatic N) is 1. The van der Waals surface area contributed by atoms with Gasteiger partial charge in [-0.15, -0.1) is 0 Å². The zero-order valence-corrected chi connectivity index (χ0v) is 28.1. The molecule has 0 N–H and O–H groups in total. The van der Waals surface area contributed by atoms with E-state index in [0.29, 0.717) is 5.41 Å². The Kier molecular flexibility index (Phi) is 4.78. The van der Waals surface area contributed by atoms with Crippen molar-refractivity contribution >= 4 is 43.4 Å². The smallest absolute Gasteiger partial charge is 0.0588 e. The molecule has 1 nitrogen and oxygen atoms in total. The van der Waals surface area contributed by atoms with Crippen LogP contribution in [0.2, 0.25) is 0 Å². The molecule has 4 atom stereocenters. The lowest BCUT2D eigenvalue weighted by Crippen LogP contribution is -2.62. The molecule has 1 heteroatoms. The second kappa shape index (κ2) is 8.95. The van der Waals surface area contributed by atoms with Gasteiger partial charge in [-0.1, -0.05) is 109 Å². The maximum absolute atomic E-state index is 2.70. The maximum Gasteiger partial charge on any atom is 0.0588 e. The summed E-state index contributed by atoms with van der Waals surface area (Å²) in [6.45, 7) is 0. The summed E-state index contributed by atoms with van der Waals surface area (Å²) in [6, 6.07) is 53.5. The van der Waals surface area contributed by atoms with Crippen molar-refractivity contribution in [2.45, 2.75) is 37.5 Å². The lowest BCUT2D eigenvalue weighted by molar-refractivity contribution is -0.0814. The number of aromatic nitrogens is 1. The Hall–Kier alpha value is -5.14. The molecule has 0 saturated heterocycles. The summed E-state index contributed by atoms with van der Waals surface area (Å²) < 4.78 is 2.70. The molecule has 1 heterocycles. The second-order valence-corrected chi connectivity index (χ2v) is 16.6. The summed E-state index contributed by atoms with van der Waals surface area (Å²) in [6.07, 6.45) is 7.28. The molecule has 4 saturated carbocycles. The third-order valence-corrected chi connectivity index (χ3v) is 14.7. The molecule has 4 unspecified atom stereocenters. The zero-order chi connectivity index (χ0) is 32.3. The molecule has 13 rings (SSSR count). The highest BCUT2D eigenvalue weighted by atomic mass is 15.0. The van der Waals surface area contributed by atoms with E-state index in [1.807, 2.05) is 0 Å². The van der Waals surface area contributed by atoms with Crippen LogP contribution in [-0.4, -0.2) is 4.57 Å². The number of hydrogen-bond acceptors (Lipinski definition) is 0. The minimum atomic E-state index is 0.109. The summed E-state index contributed by atoms with van der Waals surface area (Å²) in [5.74, 6) is 3.35. The zero-order valence-electron chi connectivity index (χ0n) is 28.1. The van der Waals surface area contributed by atoms with E-state index in [-0.39, 0.29) is 5.41 Å². The molecule has 4 fully saturated rings. The van der Waals surface area contributed by atoms with Crippen molar-refractivity contribution in [3.63, 3.8) is 0 Å². The molecule has 5 aliphatic rings. The van der Waals surface area contributed by atoms with Crippen LogP contribution in [0.15, 0.2) is 140 Å². The average Bonchev–Trinajstić information content (AvgIpc) is 3.81. The third-order valence-electron chi connectivity index (χ3n) is 14.7. The van der Waals surface area contributed by atoms with Crippen LogP contribution in [0, 0.1) is 29.1 Å². The van der Waals surface area contributed by atoms with Crippen LogP contribution in [0.3, 0.4) is 0 Å². The fourth-order valence-corrected chi connectivity index (χ4v) is 13.4. The summed E-state index contributed by atoms with van der Waals surface area (Å²) in [5.41, 5.74) is 13.5. The van der Waals surface area contributed by atoms with Gasteiger partial charge in [0.05, 0.1) is 11.0 Å². The van der Waals surface area contributed by atoms with Crippen LogP contribution < -0.4 is 0 Å². The van der Waals surface area contributed by atoms with Crippen LogP contribution in [0.25, 0.3) is 71.3 Å². The second-order valence-electron chi connectivity index (χ2n) is 16.6. The van der Waals surface area contributed by atoms with Gasteiger partial charge in [-0.25, -0.2) is 0 Å². The molecule has 1 aromatic heterocycles. The minimum absolute atomic E-state index is 0.109. The lowest BCUT2D eigenvalue weighted by atomic mass is 9.38. The van der Waals surface area contributed by atoms with Crippen LogP contribution >= 0.6 is 0 Å². The van der Waals surface area contributed by atoms with E-state index in [9.17, 15) is 0 Å². The Bertz CT molecular complexity index is 2760. The lowest BCUT2D eigenvalue weighted by Gasteiger charge is -2.64. The van der Waals surface area contributed by atoms with E-state index in [2.05, 4.69) is 144 Å². The van der Waals surface area contributed by atoms with Crippen molar-refractivity contribution in [2.24, 2.45) is 29.1 Å². The summed E-state index contributed by atoms with van der Waals surface area (Å²) >= 11 is 0. The molecular formula is C49H37N. The van der Waals surface area contributed by atoms with Crippen LogP contribution in [-0.2, 0) is 5.41 Å². The predicted molar refractivity (Wildman–Crippen MR) is 207 cm³/mol. The van der Waals surface area contributed by atoms with Gasteiger partial charge in [-0.05, 0) is 146 Å². The van der Waals surface area contributed by atoms with Gasteiger partial charge in [0.1, 0.15) is 0 Å². The topological polar surface area (TPSA) is 4.93 Å². The first-order valence-electron chi connectivity index (χ1n) is 18.9. The molecule has 3 bridgehead atoms. The molecule has 50 heavy (non-hydrogen) atoms. The number of hydrogen-bond donors (Lipinski definition) is 0. The molecule has 0 aliphatic heterocycles. The summed E-state index contributed by atoms with van der Waals surface area (Å²) in [4.78, 5) is 0. The first-order chi connectivity index (χ1) is 24.7. The summed E-state index contributed by atoms with van der Waals surface area (Å²) in [5, 5.41) is 7.98. The van der Waals surface area contributed by atoms with E-state index < -0.39 is 0 Å². The van der Waals surface area contributed by atoms with Gasteiger partial charge in [-0.3, -0.25) is 0 Å². The summed E-state index contributed by atoms with van der Waals surface area (Å²) in [7, 11) is 0. The molecule has 2 spiro atoms. The Morgan fingerprint density at radius 1 is 0.500 bits per heavy atom. The Labute approximate surface area is 292 Å². The Morgan fingerprint density at radius 3 is 2.08 bits per heavy atom. The number of rotatable bonds is 2. The quantitative estimate of drug-likeness (QED) is 0.177. The maximum atomic E-state index is 2.70. The largest absolute Gasteiger partial charge is 0.309 e. The molecule has 5 aliphatic carbocycles. The molecule has 0 radical (unpaired) electrons. The monoisotopic (exact) mass is 639 g/mol. The Balaban J connectivity index is 1.16. The van der Waals surface area contributed by atoms with Gasteiger partial charge < -0.3 is 4.57 Å². The molecule has 238 valence electrons. The standard InChI is InChI=1S/C49H37N/c1-2-8-31(9-3-1)35-15-14-32-16-17-37(24-36(32)23-35)50-43-26-34-11-5-4-10-33(34)25-41(43)40-19-18-39-38-12-6-7-13-42(38)49(46(39)47(40)50)44-21-29-20-30-22-45(49)48(44,27-29)28-30/h1-19,23-26,29-30,44-45H,20-22,27-28H2. The van der Waals surface area contributed by atoms with Crippen LogP contribution in [0.1, 0.15) is 43.2 Å². The highest BCUT2D eigenvalue weighted by Gasteiger charge is 2.79. The first-order valence-corrected chi connectivity index (χ1v) is 18.9. The van der Waals surface area contributed by atoms with Gasteiger partial charge in [0.25, 0.3) is 0 Å². The molecule has 7 aromatic carbocycles. The molecule has 0 amide bonds. The third kappa shape index (κ3) is 3.01.